The van der Waals surface area contributed by atoms with Crippen LogP contribution in [0.4, 0.5) is 0 Å². The fraction of sp³-hybridized carbons (Fsp3) is 0.270. The Balaban J connectivity index is 1.32. The average Bonchev–Trinajstić information content (AvgIpc) is 3.50. The normalized spacial score (nSPS) is 11.7. The molecule has 0 unspecified atom stereocenters. The maximum atomic E-state index is 12.9. The lowest BCUT2D eigenvalue weighted by atomic mass is 9.86. The molecule has 0 aliphatic heterocycles. The molecule has 0 bridgehead atoms. The third kappa shape index (κ3) is 8.69. The lowest BCUT2D eigenvalue weighted by Gasteiger charge is -2.26. The topological polar surface area (TPSA) is 58.1 Å². The highest BCUT2D eigenvalue weighted by molar-refractivity contribution is 7.09. The van der Waals surface area contributed by atoms with Gasteiger partial charge in [0.2, 0.25) is 0 Å². The highest BCUT2D eigenvalue weighted by atomic mass is 32.1. The summed E-state index contributed by atoms with van der Waals surface area (Å²) in [6, 6.07) is 34.3. The van der Waals surface area contributed by atoms with Gasteiger partial charge in [-0.2, -0.15) is 0 Å². The summed E-state index contributed by atoms with van der Waals surface area (Å²) >= 11 is 1.55. The summed E-state index contributed by atoms with van der Waals surface area (Å²) in [5, 5.41) is 5.79. The van der Waals surface area contributed by atoms with Crippen molar-refractivity contribution < 1.29 is 4.79 Å². The molecule has 0 spiro atoms. The molecule has 5 rings (SSSR count). The zero-order valence-corrected chi connectivity index (χ0v) is 26.1. The van der Waals surface area contributed by atoms with E-state index in [1.165, 1.54) is 22.3 Å². The zero-order chi connectivity index (χ0) is 30.1. The van der Waals surface area contributed by atoms with Gasteiger partial charge in [0.25, 0.3) is 5.91 Å². The molecular formula is C37H40N4OS. The van der Waals surface area contributed by atoms with Gasteiger partial charge in [0.15, 0.2) is 0 Å². The largest absolute Gasteiger partial charge is 0.347 e. The fourth-order valence-electron chi connectivity index (χ4n) is 5.24. The number of nitrogens with one attached hydrogen (secondary N) is 1. The van der Waals surface area contributed by atoms with Gasteiger partial charge in [0, 0.05) is 36.8 Å². The van der Waals surface area contributed by atoms with Crippen molar-refractivity contribution in [2.24, 2.45) is 0 Å². The smallest absolute Gasteiger partial charge is 0.271 e. The number of carbonyl (C=O) groups is 1. The Morgan fingerprint density at radius 1 is 0.814 bits per heavy atom. The van der Waals surface area contributed by atoms with Crippen molar-refractivity contribution in [3.63, 3.8) is 0 Å². The Labute approximate surface area is 259 Å². The summed E-state index contributed by atoms with van der Waals surface area (Å²) in [4.78, 5) is 24.1. The number of carbonyl (C=O) groups excluding carboxylic acids is 1. The maximum Gasteiger partial charge on any atom is 0.271 e. The van der Waals surface area contributed by atoms with E-state index in [9.17, 15) is 4.79 Å². The molecule has 2 heterocycles. The molecule has 0 saturated heterocycles. The van der Waals surface area contributed by atoms with Crippen LogP contribution in [0.25, 0.3) is 0 Å². The number of benzene rings is 3. The SMILES string of the molecule is CC(C)(C)c1ccc(CN(CCC(c2ccccc2)c2ccccc2)Cc2nc(C(=O)NCc3ccncc3)cs2)cc1. The van der Waals surface area contributed by atoms with Gasteiger partial charge >= 0.3 is 0 Å². The fourth-order valence-corrected chi connectivity index (χ4v) is 6.06. The van der Waals surface area contributed by atoms with Crippen molar-refractivity contribution in [3.8, 4) is 0 Å². The summed E-state index contributed by atoms with van der Waals surface area (Å²) in [5.41, 5.74) is 6.85. The second-order valence-corrected chi connectivity index (χ2v) is 12.9. The number of pyridine rings is 1. The number of aromatic nitrogens is 2. The van der Waals surface area contributed by atoms with E-state index in [4.69, 9.17) is 4.98 Å². The molecule has 5 nitrogen and oxygen atoms in total. The number of amides is 1. The number of rotatable bonds is 12. The third-order valence-electron chi connectivity index (χ3n) is 7.71. The molecule has 3 aromatic carbocycles. The Kier molecular flexibility index (Phi) is 10.1. The van der Waals surface area contributed by atoms with Crippen molar-refractivity contribution in [3.05, 3.63) is 153 Å². The minimum absolute atomic E-state index is 0.117. The Morgan fingerprint density at radius 2 is 1.44 bits per heavy atom. The van der Waals surface area contributed by atoms with Crippen LogP contribution in [0.3, 0.4) is 0 Å². The van der Waals surface area contributed by atoms with Crippen molar-refractivity contribution >= 4 is 17.2 Å². The number of thiazole rings is 1. The van der Waals surface area contributed by atoms with Gasteiger partial charge in [0.05, 0.1) is 6.54 Å². The van der Waals surface area contributed by atoms with Gasteiger partial charge in [-0.05, 0) is 58.3 Å². The Morgan fingerprint density at radius 3 is 2.05 bits per heavy atom. The molecule has 220 valence electrons. The van der Waals surface area contributed by atoms with Gasteiger partial charge in [-0.1, -0.05) is 106 Å². The first-order valence-corrected chi connectivity index (χ1v) is 15.8. The number of nitrogens with zero attached hydrogens (tertiary/aromatic N) is 3. The predicted octanol–water partition coefficient (Wildman–Crippen LogP) is 7.99. The first kappa shape index (κ1) is 30.3. The Hall–Kier alpha value is -4.13. The van der Waals surface area contributed by atoms with E-state index >= 15 is 0 Å². The zero-order valence-electron chi connectivity index (χ0n) is 25.2. The molecule has 5 aromatic rings. The van der Waals surface area contributed by atoms with E-state index in [1.807, 2.05) is 17.5 Å². The van der Waals surface area contributed by atoms with Crippen LogP contribution in [-0.2, 0) is 25.0 Å². The van der Waals surface area contributed by atoms with Crippen LogP contribution in [0.15, 0.2) is 115 Å². The van der Waals surface area contributed by atoms with Crippen LogP contribution in [0.5, 0.6) is 0 Å². The average molecular weight is 589 g/mol. The van der Waals surface area contributed by atoms with E-state index in [2.05, 4.69) is 121 Å². The van der Waals surface area contributed by atoms with Crippen LogP contribution in [0.2, 0.25) is 0 Å². The first-order valence-electron chi connectivity index (χ1n) is 14.9. The van der Waals surface area contributed by atoms with Crippen molar-refractivity contribution in [1.29, 1.82) is 0 Å². The molecule has 0 saturated carbocycles. The molecule has 6 heteroatoms. The van der Waals surface area contributed by atoms with Crippen LogP contribution in [-0.4, -0.2) is 27.3 Å². The highest BCUT2D eigenvalue weighted by Gasteiger charge is 2.19. The molecule has 1 amide bonds. The van der Waals surface area contributed by atoms with E-state index in [-0.39, 0.29) is 11.3 Å². The van der Waals surface area contributed by atoms with Crippen LogP contribution < -0.4 is 5.32 Å². The third-order valence-corrected chi connectivity index (χ3v) is 8.54. The minimum Gasteiger partial charge on any atom is -0.347 e. The van der Waals surface area contributed by atoms with E-state index in [0.29, 0.717) is 24.7 Å². The number of hydrogen-bond donors (Lipinski definition) is 1. The van der Waals surface area contributed by atoms with Gasteiger partial charge in [-0.3, -0.25) is 14.7 Å². The second kappa shape index (κ2) is 14.4. The van der Waals surface area contributed by atoms with E-state index in [0.717, 1.165) is 30.1 Å². The molecule has 0 radical (unpaired) electrons. The van der Waals surface area contributed by atoms with Crippen molar-refractivity contribution in [2.75, 3.05) is 6.54 Å². The molecule has 43 heavy (non-hydrogen) atoms. The van der Waals surface area contributed by atoms with Crippen LogP contribution in [0, 0.1) is 0 Å². The summed E-state index contributed by atoms with van der Waals surface area (Å²) < 4.78 is 0. The van der Waals surface area contributed by atoms with Crippen molar-refractivity contribution in [2.45, 2.75) is 58.2 Å². The molecule has 0 fully saturated rings. The standard InChI is InChI=1S/C37H40N4OS/c1-37(2,3)32-16-14-29(15-17-32)25-41(23-20-33(30-10-6-4-7-11-30)31-12-8-5-9-13-31)26-35-40-34(27-43-35)36(42)39-24-28-18-21-38-22-19-28/h4-19,21-22,27,33H,20,23-26H2,1-3H3,(H,39,42). The van der Waals surface area contributed by atoms with Crippen LogP contribution >= 0.6 is 11.3 Å². The lowest BCUT2D eigenvalue weighted by Crippen LogP contribution is -2.26. The predicted molar refractivity (Wildman–Crippen MR) is 176 cm³/mol. The summed E-state index contributed by atoms with van der Waals surface area (Å²) in [6.45, 7) is 9.56. The van der Waals surface area contributed by atoms with Gasteiger partial charge in [-0.15, -0.1) is 11.3 Å². The van der Waals surface area contributed by atoms with Gasteiger partial charge in [-0.25, -0.2) is 4.98 Å². The second-order valence-electron chi connectivity index (χ2n) is 12.0. The van der Waals surface area contributed by atoms with E-state index < -0.39 is 0 Å². The quantitative estimate of drug-likeness (QED) is 0.161. The minimum atomic E-state index is -0.156. The first-order chi connectivity index (χ1) is 20.8. The van der Waals surface area contributed by atoms with E-state index in [1.54, 1.807) is 23.7 Å². The molecule has 2 aromatic heterocycles. The number of hydrogen-bond acceptors (Lipinski definition) is 5. The monoisotopic (exact) mass is 588 g/mol. The molecule has 0 aliphatic carbocycles. The highest BCUT2D eigenvalue weighted by Crippen LogP contribution is 2.29. The Bertz CT molecular complexity index is 1520. The lowest BCUT2D eigenvalue weighted by molar-refractivity contribution is 0.0946. The van der Waals surface area contributed by atoms with Crippen molar-refractivity contribution in [1.82, 2.24) is 20.2 Å². The molecule has 0 aliphatic rings. The maximum absolute atomic E-state index is 12.9. The van der Waals surface area contributed by atoms with Gasteiger partial charge in [0.1, 0.15) is 10.7 Å². The van der Waals surface area contributed by atoms with Crippen LogP contribution in [0.1, 0.15) is 76.4 Å². The molecule has 1 N–H and O–H groups in total. The summed E-state index contributed by atoms with van der Waals surface area (Å²) in [5.74, 6) is 0.135. The summed E-state index contributed by atoms with van der Waals surface area (Å²) in [7, 11) is 0. The van der Waals surface area contributed by atoms with Gasteiger partial charge < -0.3 is 5.32 Å². The molecule has 0 atom stereocenters. The molecular weight excluding hydrogens is 549 g/mol. The summed E-state index contributed by atoms with van der Waals surface area (Å²) in [6.07, 6.45) is 4.43.